The molecule has 0 N–H and O–H groups in total. The maximum Gasteiger partial charge on any atom is 0.508 e. The zero-order chi connectivity index (χ0) is 23.6. The molecule has 0 aromatic carbocycles. The molecule has 0 bridgehead atoms. The van der Waals surface area contributed by atoms with Gasteiger partial charge in [0, 0.05) is 85.3 Å². The summed E-state index contributed by atoms with van der Waals surface area (Å²) in [6.45, 7) is 0. The molecule has 0 heterocycles. The molecule has 182 valence electrons. The van der Waals surface area contributed by atoms with Gasteiger partial charge in [0.25, 0.3) is 0 Å². The average Bonchev–Trinajstić information content (AvgIpc) is 2.82. The minimum atomic E-state index is -3.65. The van der Waals surface area contributed by atoms with Gasteiger partial charge in [0.1, 0.15) is 10.3 Å². The van der Waals surface area contributed by atoms with Gasteiger partial charge in [-0.25, -0.2) is 0 Å². The van der Waals surface area contributed by atoms with Crippen molar-refractivity contribution < 1.29 is 53.1 Å². The van der Waals surface area contributed by atoms with Gasteiger partial charge in [-0.2, -0.15) is 0 Å². The minimum Gasteiger partial charge on any atom is -0.377 e. The fourth-order valence-corrected chi connectivity index (χ4v) is 23.1. The second-order valence-electron chi connectivity index (χ2n) is 5.82. The highest BCUT2D eigenvalue weighted by molar-refractivity contribution is 6.92. The highest BCUT2D eigenvalue weighted by Gasteiger charge is 2.79. The summed E-state index contributed by atoms with van der Waals surface area (Å²) >= 11 is 0. The summed E-state index contributed by atoms with van der Waals surface area (Å²) in [7, 11) is 3.01. The van der Waals surface area contributed by atoms with Crippen molar-refractivity contribution in [2.45, 2.75) is 10.3 Å². The van der Waals surface area contributed by atoms with Crippen LogP contribution in [0.4, 0.5) is 0 Å². The van der Waals surface area contributed by atoms with E-state index in [1.165, 1.54) is 85.3 Å². The van der Waals surface area contributed by atoms with Crippen LogP contribution in [-0.2, 0) is 53.1 Å². The van der Waals surface area contributed by atoms with Crippen LogP contribution in [0, 0.1) is 0 Å². The SMILES string of the molecule is CO[Si](OC)(OC)C(C([Si](OC)(OC)OC)[Si](OC)(OC)OC)[Si](OC)(OC)OC. The monoisotopic (exact) mass is 510 g/mol. The molecular weight excluding hydrogens is 472 g/mol. The van der Waals surface area contributed by atoms with Gasteiger partial charge in [0.15, 0.2) is 0 Å². The van der Waals surface area contributed by atoms with Crippen LogP contribution in [-0.4, -0.2) is 121 Å². The fraction of sp³-hybridized carbons (Fsp3) is 1.00. The third-order valence-electron chi connectivity index (χ3n) is 5.27. The molecule has 12 nitrogen and oxygen atoms in total. The molecule has 0 spiro atoms. The molecule has 0 aliphatic rings. The van der Waals surface area contributed by atoms with Crippen LogP contribution in [0.5, 0.6) is 0 Å². The van der Waals surface area contributed by atoms with Gasteiger partial charge in [-0.15, -0.1) is 0 Å². The fourth-order valence-electron chi connectivity index (χ4n) is 3.77. The molecule has 0 saturated carbocycles. The summed E-state index contributed by atoms with van der Waals surface area (Å²) in [6, 6.07) is 0. The summed E-state index contributed by atoms with van der Waals surface area (Å²) in [5.41, 5.74) is 0. The number of hydrogen-bond donors (Lipinski definition) is 0. The topological polar surface area (TPSA) is 111 Å². The van der Waals surface area contributed by atoms with Gasteiger partial charge in [0.05, 0.1) is 0 Å². The smallest absolute Gasteiger partial charge is 0.377 e. The van der Waals surface area contributed by atoms with E-state index in [-0.39, 0.29) is 0 Å². The van der Waals surface area contributed by atoms with E-state index in [1.54, 1.807) is 0 Å². The maximum atomic E-state index is 5.85. The van der Waals surface area contributed by atoms with Gasteiger partial charge >= 0.3 is 35.2 Å². The van der Waals surface area contributed by atoms with Crippen molar-refractivity contribution in [1.82, 2.24) is 0 Å². The highest BCUT2D eigenvalue weighted by Crippen LogP contribution is 2.53. The predicted octanol–water partition coefficient (Wildman–Crippen LogP) is 0.318. The molecule has 30 heavy (non-hydrogen) atoms. The van der Waals surface area contributed by atoms with Crippen molar-refractivity contribution in [2.75, 3.05) is 85.3 Å². The first kappa shape index (κ1) is 30.4. The van der Waals surface area contributed by atoms with E-state index in [0.29, 0.717) is 0 Å². The number of rotatable bonds is 17. The lowest BCUT2D eigenvalue weighted by atomic mass is 10.9. The van der Waals surface area contributed by atoms with Crippen LogP contribution < -0.4 is 0 Å². The van der Waals surface area contributed by atoms with Crippen molar-refractivity contribution in [2.24, 2.45) is 0 Å². The summed E-state index contributed by atoms with van der Waals surface area (Å²) in [5, 5.41) is -1.74. The molecule has 0 atom stereocenters. The Kier molecular flexibility index (Phi) is 13.4. The largest absolute Gasteiger partial charge is 0.508 e. The molecule has 0 saturated heterocycles. The first-order chi connectivity index (χ1) is 14.2. The summed E-state index contributed by atoms with van der Waals surface area (Å²) in [6.07, 6.45) is 0. The van der Waals surface area contributed by atoms with Gasteiger partial charge < -0.3 is 53.1 Å². The molecule has 0 radical (unpaired) electrons. The second-order valence-corrected chi connectivity index (χ2v) is 19.2. The molecule has 0 aromatic rings. The highest BCUT2D eigenvalue weighted by atomic mass is 28.5. The lowest BCUT2D eigenvalue weighted by Gasteiger charge is -2.49. The van der Waals surface area contributed by atoms with Crippen LogP contribution in [0.1, 0.15) is 0 Å². The van der Waals surface area contributed by atoms with Crippen LogP contribution in [0.3, 0.4) is 0 Å². The quantitative estimate of drug-likeness (QED) is 0.251. The zero-order valence-corrected chi connectivity index (χ0v) is 24.1. The maximum absolute atomic E-state index is 5.85. The van der Waals surface area contributed by atoms with Crippen LogP contribution >= 0.6 is 0 Å². The minimum absolute atomic E-state index is 0.872. The summed E-state index contributed by atoms with van der Waals surface area (Å²) < 4.78 is 70.2. The van der Waals surface area contributed by atoms with Crippen LogP contribution in [0.15, 0.2) is 0 Å². The molecule has 0 rings (SSSR count). The second kappa shape index (κ2) is 13.2. The zero-order valence-electron chi connectivity index (χ0n) is 20.1. The lowest BCUT2D eigenvalue weighted by molar-refractivity contribution is 0.0482. The molecule has 0 aliphatic carbocycles. The molecular formula is C14H38O12Si4. The van der Waals surface area contributed by atoms with E-state index < -0.39 is 45.5 Å². The van der Waals surface area contributed by atoms with Gasteiger partial charge in [0.2, 0.25) is 0 Å². The van der Waals surface area contributed by atoms with Gasteiger partial charge in [-0.3, -0.25) is 0 Å². The lowest BCUT2D eigenvalue weighted by Crippen LogP contribution is -2.73. The molecule has 0 fully saturated rings. The molecule has 0 aliphatic heterocycles. The van der Waals surface area contributed by atoms with E-state index in [1.807, 2.05) is 0 Å². The van der Waals surface area contributed by atoms with E-state index in [0.717, 1.165) is 0 Å². The van der Waals surface area contributed by atoms with E-state index >= 15 is 0 Å². The first-order valence-electron chi connectivity index (χ1n) is 8.84. The van der Waals surface area contributed by atoms with Crippen LogP contribution in [0.25, 0.3) is 0 Å². The van der Waals surface area contributed by atoms with Crippen LogP contribution in [0.2, 0.25) is 10.3 Å². The van der Waals surface area contributed by atoms with Gasteiger partial charge in [-0.1, -0.05) is 0 Å². The number of hydrogen-bond acceptors (Lipinski definition) is 12. The first-order valence-corrected chi connectivity index (χ1v) is 16.0. The van der Waals surface area contributed by atoms with Gasteiger partial charge in [-0.05, 0) is 0 Å². The average molecular weight is 511 g/mol. The molecule has 0 unspecified atom stereocenters. The third kappa shape index (κ3) is 5.14. The van der Waals surface area contributed by atoms with Crippen molar-refractivity contribution >= 4 is 35.2 Å². The summed E-state index contributed by atoms with van der Waals surface area (Å²) in [5.74, 6) is 0. The third-order valence-corrected chi connectivity index (χ3v) is 22.1. The predicted molar refractivity (Wildman–Crippen MR) is 115 cm³/mol. The Hall–Kier alpha value is 0.388. The van der Waals surface area contributed by atoms with Crippen molar-refractivity contribution in [3.8, 4) is 0 Å². The Labute approximate surface area is 184 Å². The van der Waals surface area contributed by atoms with Crippen molar-refractivity contribution in [1.29, 1.82) is 0 Å². The Balaban J connectivity index is 7.54. The van der Waals surface area contributed by atoms with Crippen molar-refractivity contribution in [3.63, 3.8) is 0 Å². The summed E-state index contributed by atoms with van der Waals surface area (Å²) in [4.78, 5) is 0. The molecule has 0 amide bonds. The standard InChI is InChI=1S/C14H38O12Si4/c1-15-27(16-2,17-3)13(28(18-4,19-5)20-6)14(29(21-7,22-8)23-9)30(24-10,25-11)26-12/h13-14H,1-12H3. The molecule has 0 aromatic heterocycles. The Morgan fingerprint density at radius 3 is 0.433 bits per heavy atom. The van der Waals surface area contributed by atoms with E-state index in [4.69, 9.17) is 53.1 Å². The Bertz CT molecular complexity index is 357. The van der Waals surface area contributed by atoms with E-state index in [2.05, 4.69) is 0 Å². The van der Waals surface area contributed by atoms with E-state index in [9.17, 15) is 0 Å². The van der Waals surface area contributed by atoms with Crippen molar-refractivity contribution in [3.05, 3.63) is 0 Å². The molecule has 16 heteroatoms. The Morgan fingerprint density at radius 2 is 0.367 bits per heavy atom. The normalized spacial score (nSPS) is 14.2. The Morgan fingerprint density at radius 1 is 0.267 bits per heavy atom.